The predicted molar refractivity (Wildman–Crippen MR) is 160 cm³/mol. The Bertz CT molecular complexity index is 1350. The van der Waals surface area contributed by atoms with Crippen LogP contribution in [0.15, 0.2) is 97.0 Å². The lowest BCUT2D eigenvalue weighted by Gasteiger charge is -2.41. The van der Waals surface area contributed by atoms with Crippen molar-refractivity contribution in [3.63, 3.8) is 0 Å². The van der Waals surface area contributed by atoms with Gasteiger partial charge in [0.25, 0.3) is 0 Å². The van der Waals surface area contributed by atoms with Crippen molar-refractivity contribution in [3.05, 3.63) is 125 Å². The number of aliphatic imine (C=N–C) groups is 1. The van der Waals surface area contributed by atoms with Gasteiger partial charge in [-0.05, 0) is 47.9 Å². The molecule has 4 rings (SSSR count). The summed E-state index contributed by atoms with van der Waals surface area (Å²) in [5.74, 6) is 1.73. The summed E-state index contributed by atoms with van der Waals surface area (Å²) in [6.07, 6.45) is 3.89. The summed E-state index contributed by atoms with van der Waals surface area (Å²) >= 11 is 0. The quantitative estimate of drug-likeness (QED) is 0.210. The minimum absolute atomic E-state index is 0.00985. The third-order valence-corrected chi connectivity index (χ3v) is 7.56. The molecule has 1 N–H and O–H groups in total. The number of nitrogens with one attached hydrogen (secondary N) is 1. The smallest absolute Gasteiger partial charge is 0.142 e. The fourth-order valence-electron chi connectivity index (χ4n) is 5.41. The molecule has 1 aliphatic heterocycles. The van der Waals surface area contributed by atoms with Gasteiger partial charge in [0.05, 0.1) is 11.2 Å². The maximum atomic E-state index is 9.70. The molecule has 1 heterocycles. The van der Waals surface area contributed by atoms with Crippen LogP contribution < -0.4 is 4.90 Å². The summed E-state index contributed by atoms with van der Waals surface area (Å²) in [4.78, 5) is 7.50. The molecule has 190 valence electrons. The van der Waals surface area contributed by atoms with Crippen LogP contribution in [-0.2, 0) is 0 Å². The van der Waals surface area contributed by atoms with Gasteiger partial charge in [-0.3, -0.25) is 15.3 Å². The second-order valence-electron chi connectivity index (χ2n) is 10.8. The number of rotatable bonds is 6. The first-order chi connectivity index (χ1) is 17.6. The summed E-state index contributed by atoms with van der Waals surface area (Å²) in [5.41, 5.74) is 7.00. The van der Waals surface area contributed by atoms with Crippen molar-refractivity contribution >= 4 is 17.4 Å². The van der Waals surface area contributed by atoms with Crippen molar-refractivity contribution in [3.8, 4) is 0 Å². The first kappa shape index (κ1) is 26.3. The molecule has 0 fully saturated rings. The Balaban J connectivity index is 2.13. The number of anilines is 1. The summed E-state index contributed by atoms with van der Waals surface area (Å²) < 4.78 is 0. The molecule has 3 nitrogen and oxygen atoms in total. The Morgan fingerprint density at radius 2 is 1.51 bits per heavy atom. The SMILES string of the molecule is C=CC1c2ccccc2C(N(C(=N)c2ccccc2C)c2c(C(C)C)cccc2C(C)C)=NC1(C)C=C. The van der Waals surface area contributed by atoms with E-state index in [0.717, 1.165) is 33.8 Å². The van der Waals surface area contributed by atoms with Crippen molar-refractivity contribution in [2.75, 3.05) is 4.90 Å². The lowest BCUT2D eigenvalue weighted by molar-refractivity contribution is 0.520. The molecular weight excluding hydrogens is 450 g/mol. The Morgan fingerprint density at radius 1 is 0.919 bits per heavy atom. The van der Waals surface area contributed by atoms with Crippen LogP contribution in [-0.4, -0.2) is 17.2 Å². The maximum absolute atomic E-state index is 9.70. The van der Waals surface area contributed by atoms with Crippen molar-refractivity contribution in [1.82, 2.24) is 0 Å². The number of nitrogens with zero attached hydrogens (tertiary/aromatic N) is 2. The van der Waals surface area contributed by atoms with E-state index in [9.17, 15) is 5.41 Å². The lowest BCUT2D eigenvalue weighted by atomic mass is 9.76. The highest BCUT2D eigenvalue weighted by molar-refractivity contribution is 6.30. The number of aryl methyl sites for hydroxylation is 1. The van der Waals surface area contributed by atoms with Crippen molar-refractivity contribution in [1.29, 1.82) is 5.41 Å². The molecule has 0 saturated carbocycles. The second-order valence-corrected chi connectivity index (χ2v) is 10.8. The third kappa shape index (κ3) is 4.59. The minimum Gasteiger partial charge on any atom is -0.283 e. The zero-order valence-corrected chi connectivity index (χ0v) is 23.0. The minimum atomic E-state index is -0.597. The lowest BCUT2D eigenvalue weighted by Crippen LogP contribution is -2.45. The molecule has 2 atom stereocenters. The van der Waals surface area contributed by atoms with Gasteiger partial charge in [-0.1, -0.05) is 107 Å². The Labute approximate surface area is 222 Å². The molecule has 1 aliphatic rings. The Kier molecular flexibility index (Phi) is 7.36. The zero-order chi connectivity index (χ0) is 26.9. The standard InChI is InChI=1S/C34H39N3/c1-9-30-28-18-13-14-19-29(28)33(36-34(30,8)10-2)37(32(35)27-17-12-11-16-24(27)7)31-25(22(3)4)20-15-21-26(31)23(5)6/h9-23,30,35H,1-2H2,3-8H3. The van der Waals surface area contributed by atoms with Crippen LogP contribution in [0.2, 0.25) is 0 Å². The molecule has 37 heavy (non-hydrogen) atoms. The van der Waals surface area contributed by atoms with Crippen molar-refractivity contribution < 1.29 is 0 Å². The maximum Gasteiger partial charge on any atom is 0.142 e. The number of hydrogen-bond donors (Lipinski definition) is 1. The van der Waals surface area contributed by atoms with E-state index < -0.39 is 5.54 Å². The molecule has 0 spiro atoms. The highest BCUT2D eigenvalue weighted by Crippen LogP contribution is 2.43. The van der Waals surface area contributed by atoms with Gasteiger partial charge in [-0.25, -0.2) is 0 Å². The van der Waals surface area contributed by atoms with E-state index >= 15 is 0 Å². The Morgan fingerprint density at radius 3 is 2.08 bits per heavy atom. The van der Waals surface area contributed by atoms with Crippen molar-refractivity contribution in [2.24, 2.45) is 4.99 Å². The first-order valence-electron chi connectivity index (χ1n) is 13.2. The third-order valence-electron chi connectivity index (χ3n) is 7.56. The normalized spacial score (nSPS) is 18.8. The topological polar surface area (TPSA) is 39.5 Å². The van der Waals surface area contributed by atoms with Gasteiger partial charge >= 0.3 is 0 Å². The average Bonchev–Trinajstić information content (AvgIpc) is 2.89. The molecule has 0 aliphatic carbocycles. The van der Waals surface area contributed by atoms with Crippen LogP contribution in [0.25, 0.3) is 0 Å². The number of amidine groups is 2. The van der Waals surface area contributed by atoms with Crippen LogP contribution in [0.1, 0.15) is 85.8 Å². The molecule has 2 unspecified atom stereocenters. The van der Waals surface area contributed by atoms with E-state index in [4.69, 9.17) is 4.99 Å². The summed E-state index contributed by atoms with van der Waals surface area (Å²) in [6, 6.07) is 23.1. The van der Waals surface area contributed by atoms with Gasteiger partial charge in [0.2, 0.25) is 0 Å². The van der Waals surface area contributed by atoms with Crippen LogP contribution in [0, 0.1) is 12.3 Å². The van der Waals surface area contributed by atoms with Gasteiger partial charge in [-0.2, -0.15) is 0 Å². The molecule has 0 amide bonds. The van der Waals surface area contributed by atoms with Gasteiger partial charge in [0.1, 0.15) is 11.7 Å². The van der Waals surface area contributed by atoms with Crippen LogP contribution in [0.4, 0.5) is 5.69 Å². The van der Waals surface area contributed by atoms with Gasteiger partial charge in [0.15, 0.2) is 0 Å². The number of hydrogen-bond acceptors (Lipinski definition) is 2. The molecule has 0 bridgehead atoms. The molecule has 3 aromatic carbocycles. The second kappa shape index (κ2) is 10.3. The van der Waals surface area contributed by atoms with E-state index in [-0.39, 0.29) is 17.8 Å². The van der Waals surface area contributed by atoms with Gasteiger partial charge in [0, 0.05) is 17.0 Å². The fourth-order valence-corrected chi connectivity index (χ4v) is 5.41. The van der Waals surface area contributed by atoms with E-state index in [2.05, 4.69) is 108 Å². The molecule has 0 radical (unpaired) electrons. The summed E-state index contributed by atoms with van der Waals surface area (Å²) in [7, 11) is 0. The highest BCUT2D eigenvalue weighted by Gasteiger charge is 2.40. The van der Waals surface area contributed by atoms with Crippen LogP contribution in [0.3, 0.4) is 0 Å². The van der Waals surface area contributed by atoms with Gasteiger partial charge in [-0.15, -0.1) is 13.2 Å². The van der Waals surface area contributed by atoms with Gasteiger partial charge < -0.3 is 0 Å². The first-order valence-corrected chi connectivity index (χ1v) is 13.2. The number of fused-ring (bicyclic) bond motifs is 1. The van der Waals surface area contributed by atoms with E-state index in [1.807, 2.05) is 30.4 Å². The predicted octanol–water partition coefficient (Wildman–Crippen LogP) is 8.75. The summed E-state index contributed by atoms with van der Waals surface area (Å²) in [6.45, 7) is 21.4. The van der Waals surface area contributed by atoms with Crippen LogP contribution >= 0.6 is 0 Å². The summed E-state index contributed by atoms with van der Waals surface area (Å²) in [5, 5.41) is 9.70. The molecule has 3 heteroatoms. The molecular formula is C34H39N3. The average molecular weight is 490 g/mol. The molecule has 0 aromatic heterocycles. The van der Waals surface area contributed by atoms with E-state index in [1.54, 1.807) is 0 Å². The largest absolute Gasteiger partial charge is 0.283 e. The number of para-hydroxylation sites is 1. The van der Waals surface area contributed by atoms with Crippen molar-refractivity contribution in [2.45, 2.75) is 64.8 Å². The Hall–Kier alpha value is -3.72. The molecule has 0 saturated heterocycles. The van der Waals surface area contributed by atoms with E-state index in [0.29, 0.717) is 5.84 Å². The zero-order valence-electron chi connectivity index (χ0n) is 23.0. The number of benzene rings is 3. The monoisotopic (exact) mass is 489 g/mol. The van der Waals surface area contributed by atoms with E-state index in [1.165, 1.54) is 11.1 Å². The van der Waals surface area contributed by atoms with Crippen LogP contribution in [0.5, 0.6) is 0 Å². The highest BCUT2D eigenvalue weighted by atomic mass is 15.2. The fraction of sp³-hybridized carbons (Fsp3) is 0.294. The molecule has 3 aromatic rings.